The molecule has 6 nitrogen and oxygen atoms in total. The Morgan fingerprint density at radius 1 is 1.14 bits per heavy atom. The molecule has 1 aromatic carbocycles. The maximum Gasteiger partial charge on any atom is 0.252 e. The number of nitrogens with one attached hydrogen (secondary N) is 1. The van der Waals surface area contributed by atoms with Crippen LogP contribution in [0.1, 0.15) is 23.2 Å². The van der Waals surface area contributed by atoms with Crippen molar-refractivity contribution in [2.24, 2.45) is 0 Å². The molecule has 1 fully saturated rings. The highest BCUT2D eigenvalue weighted by molar-refractivity contribution is 7.08. The van der Waals surface area contributed by atoms with Crippen LogP contribution in [0, 0.1) is 0 Å². The first-order chi connectivity index (χ1) is 13.7. The Kier molecular flexibility index (Phi) is 5.53. The van der Waals surface area contributed by atoms with Crippen molar-refractivity contribution < 1.29 is 9.53 Å². The molecule has 3 aromatic rings. The summed E-state index contributed by atoms with van der Waals surface area (Å²) in [5.74, 6) is 1.66. The zero-order valence-corrected chi connectivity index (χ0v) is 16.5. The molecule has 0 radical (unpaired) electrons. The van der Waals surface area contributed by atoms with Crippen molar-refractivity contribution in [3.8, 4) is 17.0 Å². The Morgan fingerprint density at radius 2 is 1.96 bits per heavy atom. The number of anilines is 1. The van der Waals surface area contributed by atoms with Crippen LogP contribution < -0.4 is 15.0 Å². The second-order valence-electron chi connectivity index (χ2n) is 6.72. The number of rotatable bonds is 5. The quantitative estimate of drug-likeness (QED) is 0.716. The first-order valence-corrected chi connectivity index (χ1v) is 10.2. The molecule has 1 saturated heterocycles. The fourth-order valence-corrected chi connectivity index (χ4v) is 4.05. The molecule has 4 rings (SSSR count). The normalized spacial score (nSPS) is 14.7. The maximum atomic E-state index is 12.2. The number of ether oxygens (including phenoxy) is 1. The molecule has 144 valence electrons. The molecule has 1 aliphatic rings. The molecular formula is C21H22N4O2S. The standard InChI is InChI=1S/C21H22N4O2S/c1-27-19-5-3-2-4-17(19)18-6-7-20(24-23-18)25-11-8-16(9-12-25)22-21(26)15-10-13-28-14-15/h2-7,10,13-14,16H,8-9,11-12H2,1H3,(H,22,26). The summed E-state index contributed by atoms with van der Waals surface area (Å²) in [7, 11) is 1.65. The second-order valence-corrected chi connectivity index (χ2v) is 7.50. The number of piperidine rings is 1. The number of methoxy groups -OCH3 is 1. The van der Waals surface area contributed by atoms with Crippen molar-refractivity contribution in [3.05, 3.63) is 58.8 Å². The second kappa shape index (κ2) is 8.39. The van der Waals surface area contributed by atoms with Gasteiger partial charge in [0.05, 0.1) is 12.8 Å². The molecule has 7 heteroatoms. The predicted octanol–water partition coefficient (Wildman–Crippen LogP) is 3.61. The molecule has 1 amide bonds. The third-order valence-corrected chi connectivity index (χ3v) is 5.65. The van der Waals surface area contributed by atoms with Gasteiger partial charge in [-0.1, -0.05) is 12.1 Å². The summed E-state index contributed by atoms with van der Waals surface area (Å²) in [4.78, 5) is 14.4. The third-order valence-electron chi connectivity index (χ3n) is 4.97. The van der Waals surface area contributed by atoms with E-state index >= 15 is 0 Å². The minimum atomic E-state index is 0.0145. The lowest BCUT2D eigenvalue weighted by Crippen LogP contribution is -2.44. The average molecular weight is 395 g/mol. The molecule has 0 atom stereocenters. The highest BCUT2D eigenvalue weighted by atomic mass is 32.1. The van der Waals surface area contributed by atoms with Gasteiger partial charge in [-0.25, -0.2) is 0 Å². The largest absolute Gasteiger partial charge is 0.496 e. The summed E-state index contributed by atoms with van der Waals surface area (Å²) < 4.78 is 5.40. The first kappa shape index (κ1) is 18.4. The molecule has 0 unspecified atom stereocenters. The minimum Gasteiger partial charge on any atom is -0.496 e. The van der Waals surface area contributed by atoms with Gasteiger partial charge in [0, 0.05) is 35.6 Å². The van der Waals surface area contributed by atoms with Gasteiger partial charge >= 0.3 is 0 Å². The van der Waals surface area contributed by atoms with Gasteiger partial charge in [0.25, 0.3) is 5.91 Å². The molecule has 0 aliphatic carbocycles. The number of thiophene rings is 1. The number of nitrogens with zero attached hydrogens (tertiary/aromatic N) is 3. The Hall–Kier alpha value is -2.93. The van der Waals surface area contributed by atoms with Crippen LogP contribution in [0.15, 0.2) is 53.2 Å². The summed E-state index contributed by atoms with van der Waals surface area (Å²) in [6.07, 6.45) is 1.79. The van der Waals surface area contributed by atoms with E-state index in [9.17, 15) is 4.79 Å². The molecule has 1 aliphatic heterocycles. The number of carbonyl (C=O) groups is 1. The van der Waals surface area contributed by atoms with E-state index in [0.717, 1.165) is 54.3 Å². The van der Waals surface area contributed by atoms with Gasteiger partial charge in [-0.05, 0) is 48.6 Å². The van der Waals surface area contributed by atoms with E-state index in [2.05, 4.69) is 20.4 Å². The van der Waals surface area contributed by atoms with Crippen molar-refractivity contribution in [2.75, 3.05) is 25.1 Å². The van der Waals surface area contributed by atoms with Crippen LogP contribution in [0.2, 0.25) is 0 Å². The number of amides is 1. The van der Waals surface area contributed by atoms with Crippen molar-refractivity contribution in [1.29, 1.82) is 0 Å². The fraction of sp³-hybridized carbons (Fsp3) is 0.286. The number of aromatic nitrogens is 2. The van der Waals surface area contributed by atoms with E-state index in [-0.39, 0.29) is 11.9 Å². The van der Waals surface area contributed by atoms with E-state index in [0.29, 0.717) is 0 Å². The molecular weight excluding hydrogens is 372 g/mol. The summed E-state index contributed by atoms with van der Waals surface area (Å²) in [6, 6.07) is 13.8. The van der Waals surface area contributed by atoms with Crippen LogP contribution in [-0.4, -0.2) is 42.3 Å². The maximum absolute atomic E-state index is 12.2. The van der Waals surface area contributed by atoms with Crippen LogP contribution in [-0.2, 0) is 0 Å². The van der Waals surface area contributed by atoms with Crippen LogP contribution in [0.3, 0.4) is 0 Å². The number of carbonyl (C=O) groups excluding carboxylic acids is 1. The number of para-hydroxylation sites is 1. The van der Waals surface area contributed by atoms with E-state index in [1.165, 1.54) is 11.3 Å². The summed E-state index contributed by atoms with van der Waals surface area (Å²) in [5, 5.41) is 15.7. The van der Waals surface area contributed by atoms with Crippen molar-refractivity contribution >= 4 is 23.1 Å². The van der Waals surface area contributed by atoms with E-state index in [1.54, 1.807) is 7.11 Å². The number of hydrogen-bond donors (Lipinski definition) is 1. The molecule has 0 bridgehead atoms. The average Bonchev–Trinajstić information content (AvgIpc) is 3.30. The lowest BCUT2D eigenvalue weighted by molar-refractivity contribution is 0.0931. The molecule has 2 aromatic heterocycles. The topological polar surface area (TPSA) is 67.3 Å². The van der Waals surface area contributed by atoms with Gasteiger partial charge in [-0.3, -0.25) is 4.79 Å². The van der Waals surface area contributed by atoms with E-state index in [4.69, 9.17) is 4.74 Å². The lowest BCUT2D eigenvalue weighted by atomic mass is 10.0. The van der Waals surface area contributed by atoms with Crippen molar-refractivity contribution in [3.63, 3.8) is 0 Å². The zero-order valence-electron chi connectivity index (χ0n) is 15.7. The Morgan fingerprint density at radius 3 is 2.64 bits per heavy atom. The highest BCUT2D eigenvalue weighted by Gasteiger charge is 2.22. The summed E-state index contributed by atoms with van der Waals surface area (Å²) in [6.45, 7) is 1.69. The Balaban J connectivity index is 1.36. The SMILES string of the molecule is COc1ccccc1-c1ccc(N2CCC(NC(=O)c3ccsc3)CC2)nn1. The van der Waals surface area contributed by atoms with Crippen LogP contribution in [0.25, 0.3) is 11.3 Å². The predicted molar refractivity (Wildman–Crippen MR) is 111 cm³/mol. The lowest BCUT2D eigenvalue weighted by Gasteiger charge is -2.32. The smallest absolute Gasteiger partial charge is 0.252 e. The zero-order chi connectivity index (χ0) is 19.3. The van der Waals surface area contributed by atoms with E-state index in [1.807, 2.05) is 53.2 Å². The monoisotopic (exact) mass is 394 g/mol. The van der Waals surface area contributed by atoms with Gasteiger partial charge in [0.2, 0.25) is 0 Å². The van der Waals surface area contributed by atoms with E-state index < -0.39 is 0 Å². The molecule has 0 saturated carbocycles. The Labute approximate surface area is 168 Å². The fourth-order valence-electron chi connectivity index (χ4n) is 3.41. The highest BCUT2D eigenvalue weighted by Crippen LogP contribution is 2.28. The molecule has 0 spiro atoms. The first-order valence-electron chi connectivity index (χ1n) is 9.30. The molecule has 3 heterocycles. The van der Waals surface area contributed by atoms with Crippen LogP contribution in [0.4, 0.5) is 5.82 Å². The van der Waals surface area contributed by atoms with Gasteiger partial charge in [-0.15, -0.1) is 10.2 Å². The van der Waals surface area contributed by atoms with Crippen LogP contribution >= 0.6 is 11.3 Å². The number of hydrogen-bond acceptors (Lipinski definition) is 6. The van der Waals surface area contributed by atoms with Crippen molar-refractivity contribution in [1.82, 2.24) is 15.5 Å². The van der Waals surface area contributed by atoms with Gasteiger partial charge in [0.1, 0.15) is 5.75 Å². The van der Waals surface area contributed by atoms with Gasteiger partial charge < -0.3 is 15.0 Å². The third kappa shape index (κ3) is 3.99. The van der Waals surface area contributed by atoms with Gasteiger partial charge in [0.15, 0.2) is 5.82 Å². The molecule has 28 heavy (non-hydrogen) atoms. The van der Waals surface area contributed by atoms with Gasteiger partial charge in [-0.2, -0.15) is 11.3 Å². The minimum absolute atomic E-state index is 0.0145. The van der Waals surface area contributed by atoms with Crippen LogP contribution in [0.5, 0.6) is 5.75 Å². The number of benzene rings is 1. The summed E-state index contributed by atoms with van der Waals surface area (Å²) >= 11 is 1.54. The molecule has 1 N–H and O–H groups in total. The Bertz CT molecular complexity index is 920. The van der Waals surface area contributed by atoms with Crippen molar-refractivity contribution in [2.45, 2.75) is 18.9 Å². The summed E-state index contributed by atoms with van der Waals surface area (Å²) in [5.41, 5.74) is 2.46.